The van der Waals surface area contributed by atoms with E-state index < -0.39 is 0 Å². The molecule has 0 heterocycles. The summed E-state index contributed by atoms with van der Waals surface area (Å²) in [4.78, 5) is 11.9. The normalized spacial score (nSPS) is 47.4. The number of hydrogen-bond donors (Lipinski definition) is 0. The highest BCUT2D eigenvalue weighted by Gasteiger charge is 2.75. The second-order valence-corrected chi connectivity index (χ2v) is 9.24. The Bertz CT molecular complexity index is 714. The van der Waals surface area contributed by atoms with Gasteiger partial charge >= 0.3 is 0 Å². The monoisotopic (exact) mass is 338 g/mol. The van der Waals surface area contributed by atoms with Crippen molar-refractivity contribution in [1.82, 2.24) is 0 Å². The molecule has 2 heteroatoms. The Kier molecular flexibility index (Phi) is 3.33. The van der Waals surface area contributed by atoms with Crippen molar-refractivity contribution in [3.05, 3.63) is 35.5 Å². The molecule has 3 saturated carbocycles. The summed E-state index contributed by atoms with van der Waals surface area (Å²) in [5.74, 6) is 3.02. The zero-order valence-electron chi connectivity index (χ0n) is 15.6. The predicted octanol–water partition coefficient (Wildman–Crippen LogP) is 5.01. The largest absolute Gasteiger partial charge is 0.374 e. The Morgan fingerprint density at radius 1 is 1.32 bits per heavy atom. The van der Waals surface area contributed by atoms with Crippen LogP contribution in [0.2, 0.25) is 0 Å². The van der Waals surface area contributed by atoms with Crippen LogP contribution in [0.25, 0.3) is 0 Å². The van der Waals surface area contributed by atoms with Gasteiger partial charge in [-0.3, -0.25) is 4.79 Å². The van der Waals surface area contributed by atoms with Crippen LogP contribution in [-0.2, 0) is 9.53 Å². The average molecular weight is 338 g/mol. The van der Waals surface area contributed by atoms with Crippen molar-refractivity contribution in [3.63, 3.8) is 0 Å². The quantitative estimate of drug-likeness (QED) is 0.676. The molecule has 0 N–H and O–H groups in total. The number of allylic oxidation sites excluding steroid dienone is 5. The highest BCUT2D eigenvalue weighted by atomic mass is 16.5. The van der Waals surface area contributed by atoms with E-state index in [2.05, 4.69) is 26.5 Å². The second-order valence-electron chi connectivity index (χ2n) is 9.24. The van der Waals surface area contributed by atoms with Gasteiger partial charge in [-0.1, -0.05) is 18.6 Å². The SMILES string of the molecule is C=C[C@H]1C[C@@]2(C)[C@@H](C[C@H]3CC32OCC)[C@@H]2CCC3=CC(=O)CCC3=C21. The molecule has 134 valence electrons. The number of rotatable bonds is 3. The number of fused-ring (bicyclic) bond motifs is 6. The third kappa shape index (κ3) is 1.92. The molecule has 0 radical (unpaired) electrons. The molecule has 1 unspecified atom stereocenters. The van der Waals surface area contributed by atoms with Crippen LogP contribution in [0.4, 0.5) is 0 Å². The third-order valence-corrected chi connectivity index (χ3v) is 8.40. The van der Waals surface area contributed by atoms with Crippen LogP contribution in [0.1, 0.15) is 58.8 Å². The molecule has 25 heavy (non-hydrogen) atoms. The summed E-state index contributed by atoms with van der Waals surface area (Å²) in [6.45, 7) is 9.73. The van der Waals surface area contributed by atoms with E-state index in [4.69, 9.17) is 4.74 Å². The van der Waals surface area contributed by atoms with Gasteiger partial charge in [0.2, 0.25) is 0 Å². The van der Waals surface area contributed by atoms with Crippen LogP contribution in [0, 0.1) is 29.1 Å². The van der Waals surface area contributed by atoms with Gasteiger partial charge in [-0.05, 0) is 86.3 Å². The maximum absolute atomic E-state index is 11.9. The lowest BCUT2D eigenvalue weighted by atomic mass is 9.52. The van der Waals surface area contributed by atoms with E-state index in [9.17, 15) is 4.79 Å². The van der Waals surface area contributed by atoms with E-state index in [1.165, 1.54) is 36.8 Å². The third-order valence-electron chi connectivity index (χ3n) is 8.40. The first kappa shape index (κ1) is 16.1. The number of ketones is 1. The summed E-state index contributed by atoms with van der Waals surface area (Å²) in [5, 5.41) is 0. The molecular weight excluding hydrogens is 308 g/mol. The fourth-order valence-electron chi connectivity index (χ4n) is 7.39. The molecule has 0 spiro atoms. The Hall–Kier alpha value is -1.15. The minimum Gasteiger partial charge on any atom is -0.374 e. The molecule has 5 rings (SSSR count). The minimum atomic E-state index is 0.155. The molecule has 0 aromatic heterocycles. The molecule has 2 nitrogen and oxygen atoms in total. The lowest BCUT2D eigenvalue weighted by Gasteiger charge is -2.53. The lowest BCUT2D eigenvalue weighted by Crippen LogP contribution is -2.49. The van der Waals surface area contributed by atoms with Crippen molar-refractivity contribution < 1.29 is 9.53 Å². The van der Waals surface area contributed by atoms with Gasteiger partial charge < -0.3 is 4.74 Å². The van der Waals surface area contributed by atoms with E-state index in [1.807, 2.05) is 6.08 Å². The van der Waals surface area contributed by atoms with Gasteiger partial charge in [0.1, 0.15) is 0 Å². The molecule has 0 bridgehead atoms. The Balaban J connectivity index is 1.60. The van der Waals surface area contributed by atoms with Crippen molar-refractivity contribution >= 4 is 5.78 Å². The predicted molar refractivity (Wildman–Crippen MR) is 99.1 cm³/mol. The highest BCUT2D eigenvalue weighted by Crippen LogP contribution is 2.76. The van der Waals surface area contributed by atoms with Crippen molar-refractivity contribution in [1.29, 1.82) is 0 Å². The molecule has 5 aliphatic carbocycles. The van der Waals surface area contributed by atoms with E-state index in [1.54, 1.807) is 5.57 Å². The smallest absolute Gasteiger partial charge is 0.156 e. The van der Waals surface area contributed by atoms with Crippen LogP contribution in [0.3, 0.4) is 0 Å². The van der Waals surface area contributed by atoms with Gasteiger partial charge in [-0.15, -0.1) is 6.58 Å². The maximum Gasteiger partial charge on any atom is 0.156 e. The van der Waals surface area contributed by atoms with Crippen LogP contribution in [0.5, 0.6) is 0 Å². The molecule has 0 aromatic rings. The van der Waals surface area contributed by atoms with Crippen molar-refractivity contribution in [2.24, 2.45) is 29.1 Å². The lowest BCUT2D eigenvalue weighted by molar-refractivity contribution is -0.114. The number of carbonyl (C=O) groups excluding carboxylic acids is 1. The van der Waals surface area contributed by atoms with E-state index >= 15 is 0 Å². The molecule has 0 aromatic carbocycles. The van der Waals surface area contributed by atoms with Gasteiger partial charge in [0, 0.05) is 18.4 Å². The first-order chi connectivity index (χ1) is 12.0. The number of carbonyl (C=O) groups is 1. The summed E-state index contributed by atoms with van der Waals surface area (Å²) in [6, 6.07) is 0. The summed E-state index contributed by atoms with van der Waals surface area (Å²) in [6.07, 6.45) is 11.9. The molecule has 0 amide bonds. The van der Waals surface area contributed by atoms with Crippen molar-refractivity contribution in [3.8, 4) is 0 Å². The molecule has 0 aliphatic heterocycles. The van der Waals surface area contributed by atoms with Gasteiger partial charge in [0.05, 0.1) is 5.60 Å². The maximum atomic E-state index is 11.9. The number of ether oxygens (including phenoxy) is 1. The molecule has 5 aliphatic rings. The van der Waals surface area contributed by atoms with Crippen molar-refractivity contribution in [2.45, 2.75) is 64.4 Å². The number of hydrogen-bond acceptors (Lipinski definition) is 2. The average Bonchev–Trinajstić information content (AvgIpc) is 3.25. The summed E-state index contributed by atoms with van der Waals surface area (Å²) < 4.78 is 6.42. The molecule has 6 atom stereocenters. The Morgan fingerprint density at radius 3 is 2.92 bits per heavy atom. The fourth-order valence-corrected chi connectivity index (χ4v) is 7.39. The summed E-state index contributed by atoms with van der Waals surface area (Å²) >= 11 is 0. The molecule has 3 fully saturated rings. The first-order valence-corrected chi connectivity index (χ1v) is 10.3. The topological polar surface area (TPSA) is 26.3 Å². The van der Waals surface area contributed by atoms with Gasteiger partial charge in [0.25, 0.3) is 0 Å². The van der Waals surface area contributed by atoms with E-state index in [-0.39, 0.29) is 5.60 Å². The zero-order chi connectivity index (χ0) is 17.4. The Morgan fingerprint density at radius 2 is 2.16 bits per heavy atom. The van der Waals surface area contributed by atoms with Crippen LogP contribution in [-0.4, -0.2) is 18.0 Å². The van der Waals surface area contributed by atoms with Gasteiger partial charge in [-0.25, -0.2) is 0 Å². The van der Waals surface area contributed by atoms with E-state index in [0.29, 0.717) is 29.5 Å². The second kappa shape index (κ2) is 5.19. The van der Waals surface area contributed by atoms with Crippen LogP contribution in [0.15, 0.2) is 35.5 Å². The van der Waals surface area contributed by atoms with Gasteiger partial charge in [0.15, 0.2) is 5.78 Å². The summed E-state index contributed by atoms with van der Waals surface area (Å²) in [7, 11) is 0. The van der Waals surface area contributed by atoms with Crippen LogP contribution >= 0.6 is 0 Å². The minimum absolute atomic E-state index is 0.155. The van der Waals surface area contributed by atoms with Gasteiger partial charge in [-0.2, -0.15) is 0 Å². The first-order valence-electron chi connectivity index (χ1n) is 10.3. The Labute approximate surface area is 151 Å². The van der Waals surface area contributed by atoms with E-state index in [0.717, 1.165) is 31.3 Å². The zero-order valence-corrected chi connectivity index (χ0v) is 15.6. The summed E-state index contributed by atoms with van der Waals surface area (Å²) in [5.41, 5.74) is 5.00. The molecular formula is C23H30O2. The fraction of sp³-hybridized carbons (Fsp3) is 0.696. The highest BCUT2D eigenvalue weighted by molar-refractivity contribution is 5.93. The van der Waals surface area contributed by atoms with Crippen molar-refractivity contribution in [2.75, 3.05) is 6.61 Å². The van der Waals surface area contributed by atoms with Crippen LogP contribution < -0.4 is 0 Å². The standard InChI is InChI=1S/C23H30O2/c1-4-14-12-22(3)20(11-16-13-23(16,22)25-5-2)19-8-6-15-10-17(24)7-9-18(15)21(14)19/h4,10,14,16,19-20H,1,5-9,11-13H2,2-3H3/t14-,16-,19-,20-,22-,23?/m0/s1. The molecule has 0 saturated heterocycles.